The van der Waals surface area contributed by atoms with Crippen LogP contribution in [0.4, 0.5) is 4.39 Å². The number of rotatable bonds is 9. The Morgan fingerprint density at radius 2 is 1.63 bits per heavy atom. The quantitative estimate of drug-likeness (QED) is 0.645. The standard InChI is InChI=1S/C21H26FN3O4S/c1-23-21(27)19(13-16-7-5-4-6-8-16)25(14-17-9-11-18(22)12-10-17)20(26)15-24(2)30(3,28)29/h4-12,19H,13-15H2,1-3H3,(H,23,27)/t19-/m0/s1. The lowest BCUT2D eigenvalue weighted by Gasteiger charge is -2.32. The van der Waals surface area contributed by atoms with Gasteiger partial charge in [-0.2, -0.15) is 4.31 Å². The van der Waals surface area contributed by atoms with Gasteiger partial charge < -0.3 is 10.2 Å². The zero-order chi connectivity index (χ0) is 22.3. The van der Waals surface area contributed by atoms with E-state index in [0.717, 1.165) is 16.1 Å². The summed E-state index contributed by atoms with van der Waals surface area (Å²) in [5.41, 5.74) is 1.47. The fraction of sp³-hybridized carbons (Fsp3) is 0.333. The smallest absolute Gasteiger partial charge is 0.242 e. The van der Waals surface area contributed by atoms with Gasteiger partial charge in [0.15, 0.2) is 0 Å². The number of nitrogens with one attached hydrogen (secondary N) is 1. The SMILES string of the molecule is CNC(=O)[C@H](Cc1ccccc1)N(Cc1ccc(F)cc1)C(=O)CN(C)S(C)(=O)=O. The minimum absolute atomic E-state index is 0.0294. The fourth-order valence-electron chi connectivity index (χ4n) is 2.91. The molecular formula is C21H26FN3O4S. The van der Waals surface area contributed by atoms with Crippen molar-refractivity contribution in [2.24, 2.45) is 0 Å². The predicted molar refractivity (Wildman–Crippen MR) is 112 cm³/mol. The molecule has 0 bridgehead atoms. The van der Waals surface area contributed by atoms with E-state index in [0.29, 0.717) is 5.56 Å². The Labute approximate surface area is 176 Å². The molecule has 9 heteroatoms. The largest absolute Gasteiger partial charge is 0.357 e. The molecule has 0 heterocycles. The van der Waals surface area contributed by atoms with Gasteiger partial charge in [0.1, 0.15) is 11.9 Å². The second-order valence-corrected chi connectivity index (χ2v) is 9.08. The highest BCUT2D eigenvalue weighted by molar-refractivity contribution is 7.88. The van der Waals surface area contributed by atoms with Crippen LogP contribution in [0, 0.1) is 5.82 Å². The third-order valence-electron chi connectivity index (χ3n) is 4.71. The van der Waals surface area contributed by atoms with Gasteiger partial charge in [-0.3, -0.25) is 9.59 Å². The lowest BCUT2D eigenvalue weighted by atomic mass is 10.0. The highest BCUT2D eigenvalue weighted by atomic mass is 32.2. The van der Waals surface area contributed by atoms with E-state index in [4.69, 9.17) is 0 Å². The van der Waals surface area contributed by atoms with Gasteiger partial charge in [0.05, 0.1) is 12.8 Å². The molecule has 0 aliphatic rings. The van der Waals surface area contributed by atoms with Crippen molar-refractivity contribution in [1.29, 1.82) is 0 Å². The second-order valence-electron chi connectivity index (χ2n) is 6.99. The van der Waals surface area contributed by atoms with Gasteiger partial charge in [-0.05, 0) is 23.3 Å². The van der Waals surface area contributed by atoms with E-state index >= 15 is 0 Å². The molecule has 0 saturated carbocycles. The molecule has 0 aliphatic carbocycles. The van der Waals surface area contributed by atoms with E-state index in [9.17, 15) is 22.4 Å². The molecule has 2 aromatic carbocycles. The van der Waals surface area contributed by atoms with Gasteiger partial charge in [-0.15, -0.1) is 0 Å². The first-order chi connectivity index (χ1) is 14.1. The number of hydrogen-bond donors (Lipinski definition) is 1. The van der Waals surface area contributed by atoms with Gasteiger partial charge in [-0.1, -0.05) is 42.5 Å². The van der Waals surface area contributed by atoms with Crippen LogP contribution in [0.3, 0.4) is 0 Å². The highest BCUT2D eigenvalue weighted by Gasteiger charge is 2.31. The third-order valence-corrected chi connectivity index (χ3v) is 5.97. The first-order valence-electron chi connectivity index (χ1n) is 9.32. The number of carbonyl (C=O) groups excluding carboxylic acids is 2. The van der Waals surface area contributed by atoms with Crippen molar-refractivity contribution < 1.29 is 22.4 Å². The van der Waals surface area contributed by atoms with E-state index in [2.05, 4.69) is 5.32 Å². The molecule has 0 unspecified atom stereocenters. The monoisotopic (exact) mass is 435 g/mol. The Hall–Kier alpha value is -2.78. The number of likely N-dealkylation sites (N-methyl/N-ethyl adjacent to an activating group) is 2. The molecule has 2 amide bonds. The zero-order valence-electron chi connectivity index (χ0n) is 17.2. The second kappa shape index (κ2) is 10.3. The molecule has 2 aromatic rings. The first-order valence-corrected chi connectivity index (χ1v) is 11.2. The van der Waals surface area contributed by atoms with Crippen molar-refractivity contribution in [3.63, 3.8) is 0 Å². The molecule has 0 radical (unpaired) electrons. The first kappa shape index (κ1) is 23.5. The Kier molecular flexibility index (Phi) is 8.08. The Balaban J connectivity index is 2.39. The fourth-order valence-corrected chi connectivity index (χ4v) is 3.25. The number of halogens is 1. The van der Waals surface area contributed by atoms with Crippen LogP contribution in [0.2, 0.25) is 0 Å². The summed E-state index contributed by atoms with van der Waals surface area (Å²) in [4.78, 5) is 27.1. The van der Waals surface area contributed by atoms with Gasteiger partial charge in [0.25, 0.3) is 0 Å². The summed E-state index contributed by atoms with van der Waals surface area (Å²) in [5, 5.41) is 2.57. The van der Waals surface area contributed by atoms with Crippen molar-refractivity contribution in [2.75, 3.05) is 26.9 Å². The third kappa shape index (κ3) is 6.64. The maximum absolute atomic E-state index is 13.3. The predicted octanol–water partition coefficient (Wildman–Crippen LogP) is 1.40. The van der Waals surface area contributed by atoms with Crippen molar-refractivity contribution in [2.45, 2.75) is 19.0 Å². The minimum Gasteiger partial charge on any atom is -0.357 e. The van der Waals surface area contributed by atoms with Crippen LogP contribution in [0.1, 0.15) is 11.1 Å². The maximum Gasteiger partial charge on any atom is 0.242 e. The van der Waals surface area contributed by atoms with Gasteiger partial charge in [0, 0.05) is 27.1 Å². The average molecular weight is 436 g/mol. The maximum atomic E-state index is 13.3. The summed E-state index contributed by atoms with van der Waals surface area (Å²) >= 11 is 0. The normalized spacial score (nSPS) is 12.4. The van der Waals surface area contributed by atoms with E-state index in [1.54, 1.807) is 0 Å². The van der Waals surface area contributed by atoms with E-state index < -0.39 is 34.3 Å². The van der Waals surface area contributed by atoms with Gasteiger partial charge in [-0.25, -0.2) is 12.8 Å². The van der Waals surface area contributed by atoms with E-state index in [1.165, 1.54) is 43.3 Å². The van der Waals surface area contributed by atoms with Crippen LogP contribution in [0.5, 0.6) is 0 Å². The van der Waals surface area contributed by atoms with Gasteiger partial charge in [0.2, 0.25) is 21.8 Å². The molecule has 7 nitrogen and oxygen atoms in total. The summed E-state index contributed by atoms with van der Waals surface area (Å²) in [6, 6.07) is 13.9. The van der Waals surface area contributed by atoms with Crippen molar-refractivity contribution in [1.82, 2.24) is 14.5 Å². The van der Waals surface area contributed by atoms with Crippen LogP contribution < -0.4 is 5.32 Å². The number of amides is 2. The molecule has 0 spiro atoms. The number of carbonyl (C=O) groups is 2. The van der Waals surface area contributed by atoms with Crippen LogP contribution in [0.25, 0.3) is 0 Å². The summed E-state index contributed by atoms with van der Waals surface area (Å²) in [5.74, 6) is -1.33. The molecule has 1 atom stereocenters. The summed E-state index contributed by atoms with van der Waals surface area (Å²) in [6.45, 7) is -0.385. The van der Waals surface area contributed by atoms with Gasteiger partial charge >= 0.3 is 0 Å². The topological polar surface area (TPSA) is 86.8 Å². The molecule has 2 rings (SSSR count). The van der Waals surface area contributed by atoms with Crippen LogP contribution in [0.15, 0.2) is 54.6 Å². The molecule has 1 N–H and O–H groups in total. The molecule has 0 fully saturated rings. The van der Waals surface area contributed by atoms with E-state index in [-0.39, 0.29) is 18.9 Å². The highest BCUT2D eigenvalue weighted by Crippen LogP contribution is 2.16. The summed E-state index contributed by atoms with van der Waals surface area (Å²) in [6.07, 6.45) is 1.25. The number of nitrogens with zero attached hydrogens (tertiary/aromatic N) is 2. The number of hydrogen-bond acceptors (Lipinski definition) is 4. The molecule has 0 aromatic heterocycles. The van der Waals surface area contributed by atoms with Crippen molar-refractivity contribution in [3.8, 4) is 0 Å². The Morgan fingerprint density at radius 1 is 1.03 bits per heavy atom. The molecular weight excluding hydrogens is 409 g/mol. The Morgan fingerprint density at radius 3 is 2.17 bits per heavy atom. The number of sulfonamides is 1. The van der Waals surface area contributed by atoms with Crippen LogP contribution >= 0.6 is 0 Å². The van der Waals surface area contributed by atoms with Crippen molar-refractivity contribution >= 4 is 21.8 Å². The average Bonchev–Trinajstić information content (AvgIpc) is 2.71. The molecule has 30 heavy (non-hydrogen) atoms. The van der Waals surface area contributed by atoms with Crippen LogP contribution in [-0.2, 0) is 32.6 Å². The molecule has 0 saturated heterocycles. The van der Waals surface area contributed by atoms with E-state index in [1.807, 2.05) is 30.3 Å². The summed E-state index contributed by atoms with van der Waals surface area (Å²) in [7, 11) is -0.808. The minimum atomic E-state index is -3.58. The van der Waals surface area contributed by atoms with Crippen molar-refractivity contribution in [3.05, 3.63) is 71.5 Å². The lowest BCUT2D eigenvalue weighted by molar-refractivity contribution is -0.141. The van der Waals surface area contributed by atoms with Crippen LogP contribution in [-0.4, -0.2) is 62.4 Å². The summed E-state index contributed by atoms with van der Waals surface area (Å²) < 4.78 is 37.8. The lowest BCUT2D eigenvalue weighted by Crippen LogP contribution is -2.52. The number of benzene rings is 2. The molecule has 0 aliphatic heterocycles. The molecule has 162 valence electrons. The Bertz CT molecular complexity index is 966. The zero-order valence-corrected chi connectivity index (χ0v) is 18.0.